The third kappa shape index (κ3) is 4.22. The quantitative estimate of drug-likeness (QED) is 0.586. The van der Waals surface area contributed by atoms with Crippen LogP contribution in [-0.4, -0.2) is 22.1 Å². The molecule has 0 spiro atoms. The van der Waals surface area contributed by atoms with Crippen molar-refractivity contribution in [3.05, 3.63) is 47.5 Å². The van der Waals surface area contributed by atoms with Crippen molar-refractivity contribution in [1.29, 1.82) is 0 Å². The van der Waals surface area contributed by atoms with Gasteiger partial charge in [0.05, 0.1) is 0 Å². The summed E-state index contributed by atoms with van der Waals surface area (Å²) in [4.78, 5) is 0. The first-order chi connectivity index (χ1) is 12.0. The Morgan fingerprint density at radius 2 is 1.31 bits per heavy atom. The van der Waals surface area contributed by atoms with Crippen molar-refractivity contribution in [3.8, 4) is 0 Å². The van der Waals surface area contributed by atoms with Crippen molar-refractivity contribution < 1.29 is 4.43 Å². The topological polar surface area (TPSA) is 61.3 Å². The van der Waals surface area contributed by atoms with E-state index in [1.54, 1.807) is 0 Å². The van der Waals surface area contributed by atoms with Crippen molar-refractivity contribution in [2.45, 2.75) is 59.1 Å². The van der Waals surface area contributed by atoms with Crippen LogP contribution in [0, 0.1) is 13.8 Å². The molecule has 0 aromatic heterocycles. The molecule has 0 aliphatic rings. The van der Waals surface area contributed by atoms with E-state index in [1.165, 1.54) is 10.4 Å². The zero-order valence-electron chi connectivity index (χ0n) is 17.3. The highest BCUT2D eigenvalue weighted by atomic mass is 28.4. The lowest BCUT2D eigenvalue weighted by Crippen LogP contribution is -2.59. The molecule has 0 fully saturated rings. The van der Waals surface area contributed by atoms with Crippen LogP contribution in [0.4, 0.5) is 11.4 Å². The fourth-order valence-corrected chi connectivity index (χ4v) is 10.1. The Bertz CT molecular complexity index is 788. The molecule has 0 aliphatic carbocycles. The van der Waals surface area contributed by atoms with Gasteiger partial charge in [-0.3, -0.25) is 0 Å². The molecule has 1 atom stereocenters. The summed E-state index contributed by atoms with van der Waals surface area (Å²) in [5.74, 6) is 0. The van der Waals surface area contributed by atoms with E-state index in [2.05, 4.69) is 71.2 Å². The van der Waals surface area contributed by atoms with Crippen LogP contribution in [0.15, 0.2) is 36.4 Å². The summed E-state index contributed by atoms with van der Waals surface area (Å²) in [7, 11) is -3.83. The molecular weight excluding hydrogens is 352 g/mol. The van der Waals surface area contributed by atoms with Crippen LogP contribution in [0.1, 0.15) is 24.5 Å². The predicted molar refractivity (Wildman–Crippen MR) is 121 cm³/mol. The molecule has 0 radical (unpaired) electrons. The number of nitrogen functional groups attached to an aromatic ring is 2. The van der Waals surface area contributed by atoms with Gasteiger partial charge in [-0.1, -0.05) is 49.5 Å². The molecule has 0 heterocycles. The molecule has 142 valence electrons. The van der Waals surface area contributed by atoms with Gasteiger partial charge in [-0.2, -0.15) is 0 Å². The summed E-state index contributed by atoms with van der Waals surface area (Å²) in [6.45, 7) is 15.8. The SMILES string of the molecule is CCC(O[Si](C)(C)c1ccc(N)c(C)c1)[Si](C)(C)c1ccc(N)c(C)c1. The van der Waals surface area contributed by atoms with Crippen LogP contribution in [0.2, 0.25) is 26.2 Å². The average Bonchev–Trinajstić information content (AvgIpc) is 2.57. The largest absolute Gasteiger partial charge is 0.413 e. The van der Waals surface area contributed by atoms with E-state index in [0.29, 0.717) is 0 Å². The first kappa shape index (κ1) is 20.7. The molecule has 0 saturated heterocycles. The molecule has 5 heteroatoms. The summed E-state index contributed by atoms with van der Waals surface area (Å²) in [6.07, 6.45) is 1.02. The van der Waals surface area contributed by atoms with Crippen LogP contribution in [0.3, 0.4) is 0 Å². The second-order valence-corrected chi connectivity index (χ2v) is 16.9. The molecule has 4 N–H and O–H groups in total. The minimum atomic E-state index is -2.03. The second-order valence-electron chi connectivity index (χ2n) is 8.39. The van der Waals surface area contributed by atoms with E-state index in [9.17, 15) is 0 Å². The number of hydrogen-bond acceptors (Lipinski definition) is 3. The van der Waals surface area contributed by atoms with Crippen LogP contribution in [0.5, 0.6) is 0 Å². The van der Waals surface area contributed by atoms with Crippen LogP contribution in [0.25, 0.3) is 0 Å². The van der Waals surface area contributed by atoms with Crippen molar-refractivity contribution in [3.63, 3.8) is 0 Å². The predicted octanol–water partition coefficient (Wildman–Crippen LogP) is 3.83. The van der Waals surface area contributed by atoms with E-state index >= 15 is 0 Å². The molecule has 0 aliphatic heterocycles. The van der Waals surface area contributed by atoms with Crippen LogP contribution < -0.4 is 21.8 Å². The molecular formula is C21H34N2OSi2. The third-order valence-electron chi connectivity index (χ3n) is 5.59. The van der Waals surface area contributed by atoms with Crippen LogP contribution in [-0.2, 0) is 4.43 Å². The molecule has 2 aromatic rings. The Morgan fingerprint density at radius 1 is 0.846 bits per heavy atom. The number of rotatable bonds is 6. The number of aryl methyl sites for hydroxylation is 2. The molecule has 2 aromatic carbocycles. The minimum absolute atomic E-state index is 0.269. The van der Waals surface area contributed by atoms with E-state index in [0.717, 1.165) is 28.9 Å². The summed E-state index contributed by atoms with van der Waals surface area (Å²) in [6, 6.07) is 12.9. The summed E-state index contributed by atoms with van der Waals surface area (Å²) < 4.78 is 6.89. The van der Waals surface area contributed by atoms with Crippen LogP contribution >= 0.6 is 0 Å². The van der Waals surface area contributed by atoms with Gasteiger partial charge in [-0.15, -0.1) is 0 Å². The van der Waals surface area contributed by atoms with Crippen molar-refractivity contribution in [2.24, 2.45) is 0 Å². The Labute approximate surface area is 160 Å². The minimum Gasteiger partial charge on any atom is -0.413 e. The maximum atomic E-state index is 6.89. The molecule has 0 saturated carbocycles. The highest BCUT2D eigenvalue weighted by Crippen LogP contribution is 2.23. The lowest BCUT2D eigenvalue weighted by molar-refractivity contribution is 0.263. The normalized spacial score (nSPS) is 13.7. The Hall–Kier alpha value is -1.57. The van der Waals surface area contributed by atoms with Gasteiger partial charge in [0, 0.05) is 17.1 Å². The molecule has 0 amide bonds. The Kier molecular flexibility index (Phi) is 6.05. The smallest absolute Gasteiger partial charge is 0.218 e. The van der Waals surface area contributed by atoms with E-state index in [-0.39, 0.29) is 5.73 Å². The van der Waals surface area contributed by atoms with Crippen molar-refractivity contribution >= 4 is 38.1 Å². The van der Waals surface area contributed by atoms with E-state index in [1.807, 2.05) is 12.1 Å². The summed E-state index contributed by atoms with van der Waals surface area (Å²) in [5, 5.41) is 2.72. The fraction of sp³-hybridized carbons (Fsp3) is 0.429. The third-order valence-corrected chi connectivity index (χ3v) is 12.3. The van der Waals surface area contributed by atoms with Gasteiger partial charge in [0.15, 0.2) is 0 Å². The molecule has 2 rings (SSSR count). The second kappa shape index (κ2) is 7.58. The standard InChI is InChI=1S/C21H34N2OSi2/c1-8-21(25(4,5)17-9-11-19(22)15(2)13-17)24-26(6,7)18-10-12-20(23)16(3)14-18/h9-14,21H,8,22-23H2,1-7H3. The first-order valence-electron chi connectivity index (χ1n) is 9.40. The summed E-state index contributed by atoms with van der Waals surface area (Å²) >= 11 is 0. The maximum absolute atomic E-state index is 6.89. The highest BCUT2D eigenvalue weighted by molar-refractivity contribution is 6.92. The Morgan fingerprint density at radius 3 is 1.77 bits per heavy atom. The van der Waals surface area contributed by atoms with Crippen molar-refractivity contribution in [1.82, 2.24) is 0 Å². The molecule has 26 heavy (non-hydrogen) atoms. The lowest BCUT2D eigenvalue weighted by Gasteiger charge is -2.38. The molecule has 0 bridgehead atoms. The average molecular weight is 387 g/mol. The zero-order valence-corrected chi connectivity index (χ0v) is 19.3. The fourth-order valence-electron chi connectivity index (χ4n) is 3.48. The highest BCUT2D eigenvalue weighted by Gasteiger charge is 2.39. The van der Waals surface area contributed by atoms with Gasteiger partial charge in [0.25, 0.3) is 0 Å². The lowest BCUT2D eigenvalue weighted by atomic mass is 10.2. The number of anilines is 2. The van der Waals surface area contributed by atoms with Gasteiger partial charge < -0.3 is 15.9 Å². The van der Waals surface area contributed by atoms with Gasteiger partial charge >= 0.3 is 0 Å². The first-order valence-corrected chi connectivity index (χ1v) is 15.4. The monoisotopic (exact) mass is 386 g/mol. The van der Waals surface area contributed by atoms with Gasteiger partial charge in [0.2, 0.25) is 8.32 Å². The maximum Gasteiger partial charge on any atom is 0.218 e. The summed E-state index contributed by atoms with van der Waals surface area (Å²) in [5.41, 5.74) is 16.3. The molecule has 1 unspecified atom stereocenters. The Balaban J connectivity index is 2.33. The van der Waals surface area contributed by atoms with Gasteiger partial charge in [0.1, 0.15) is 8.07 Å². The van der Waals surface area contributed by atoms with Gasteiger partial charge in [-0.05, 0) is 61.8 Å². The van der Waals surface area contributed by atoms with Crippen molar-refractivity contribution in [2.75, 3.05) is 11.5 Å². The number of nitrogens with two attached hydrogens (primary N) is 2. The molecule has 3 nitrogen and oxygen atoms in total. The van der Waals surface area contributed by atoms with E-state index < -0.39 is 16.4 Å². The van der Waals surface area contributed by atoms with Gasteiger partial charge in [-0.25, -0.2) is 0 Å². The zero-order chi connectivity index (χ0) is 19.7. The number of benzene rings is 2. The number of hydrogen-bond donors (Lipinski definition) is 2. The van der Waals surface area contributed by atoms with E-state index in [4.69, 9.17) is 15.9 Å².